The summed E-state index contributed by atoms with van der Waals surface area (Å²) in [5, 5.41) is 0. The molecule has 4 heteroatoms. The molecule has 0 amide bonds. The van der Waals surface area contributed by atoms with Gasteiger partial charge < -0.3 is 9.47 Å². The first kappa shape index (κ1) is 14.5. The Bertz CT molecular complexity index is 352. The van der Waals surface area contributed by atoms with Crippen molar-refractivity contribution in [2.24, 2.45) is 11.8 Å². The molecule has 0 spiro atoms. The van der Waals surface area contributed by atoms with E-state index < -0.39 is 0 Å². The highest BCUT2D eigenvalue weighted by molar-refractivity contribution is 5.19. The van der Waals surface area contributed by atoms with Gasteiger partial charge in [-0.25, -0.2) is 0 Å². The maximum atomic E-state index is 5.95. The molecule has 1 aliphatic heterocycles. The number of benzene rings is 1. The molecule has 19 heavy (non-hydrogen) atoms. The van der Waals surface area contributed by atoms with Gasteiger partial charge in [-0.2, -0.15) is 0 Å². The lowest BCUT2D eigenvalue weighted by Crippen LogP contribution is -2.47. The van der Waals surface area contributed by atoms with Crippen LogP contribution in [0.15, 0.2) is 30.3 Å². The molecule has 0 aliphatic carbocycles. The Morgan fingerprint density at radius 2 is 2.00 bits per heavy atom. The fourth-order valence-corrected chi connectivity index (χ4v) is 2.78. The van der Waals surface area contributed by atoms with Crippen LogP contribution in [-0.2, 0) is 9.47 Å². The number of nitrogens with one attached hydrogen (secondary N) is 1. The summed E-state index contributed by atoms with van der Waals surface area (Å²) in [5.74, 6) is 6.30. The van der Waals surface area contributed by atoms with Crippen LogP contribution in [-0.4, -0.2) is 25.9 Å². The molecule has 1 fully saturated rings. The second-order valence-corrected chi connectivity index (χ2v) is 4.93. The molecular formula is C15H24N2O2. The molecule has 0 saturated carbocycles. The van der Waals surface area contributed by atoms with E-state index in [0.29, 0.717) is 12.5 Å². The van der Waals surface area contributed by atoms with E-state index in [1.165, 1.54) is 5.56 Å². The molecule has 1 aromatic rings. The van der Waals surface area contributed by atoms with Crippen LogP contribution < -0.4 is 11.3 Å². The van der Waals surface area contributed by atoms with E-state index in [1.807, 2.05) is 25.1 Å². The van der Waals surface area contributed by atoms with Gasteiger partial charge in [0, 0.05) is 19.8 Å². The van der Waals surface area contributed by atoms with Gasteiger partial charge in [0.15, 0.2) is 0 Å². The molecule has 3 N–H and O–H groups in total. The minimum Gasteiger partial charge on any atom is -0.381 e. The Balaban J connectivity index is 2.15. The lowest BCUT2D eigenvalue weighted by Gasteiger charge is -2.35. The second kappa shape index (κ2) is 7.60. The highest BCUT2D eigenvalue weighted by atomic mass is 16.5. The number of nitrogens with two attached hydrogens (primary N) is 1. The number of hydrogen-bond donors (Lipinski definition) is 2. The molecule has 2 unspecified atom stereocenters. The van der Waals surface area contributed by atoms with E-state index in [2.05, 4.69) is 17.6 Å². The number of ether oxygens (including phenoxy) is 2. The molecule has 1 saturated heterocycles. The summed E-state index contributed by atoms with van der Waals surface area (Å²) in [4.78, 5) is 0. The van der Waals surface area contributed by atoms with Gasteiger partial charge in [-0.05, 0) is 31.2 Å². The van der Waals surface area contributed by atoms with Crippen molar-refractivity contribution in [3.63, 3.8) is 0 Å². The molecule has 2 rings (SSSR count). The van der Waals surface area contributed by atoms with Crippen LogP contribution in [0.3, 0.4) is 0 Å². The molecule has 1 aromatic carbocycles. The van der Waals surface area contributed by atoms with Crippen LogP contribution in [0.5, 0.6) is 0 Å². The third-order valence-electron chi connectivity index (χ3n) is 3.77. The van der Waals surface area contributed by atoms with E-state index in [-0.39, 0.29) is 12.1 Å². The van der Waals surface area contributed by atoms with Crippen molar-refractivity contribution in [2.75, 3.05) is 19.8 Å². The van der Waals surface area contributed by atoms with E-state index >= 15 is 0 Å². The standard InChI is InChI=1S/C15H24N2O2/c1-2-19-15(13-6-4-3-5-7-13)14(17-16)12-8-10-18-11-9-12/h3-7,12,14-15,17H,2,8-11,16H2,1H3. The fraction of sp³-hybridized carbons (Fsp3) is 0.600. The maximum Gasteiger partial charge on any atom is 0.0993 e. The Kier molecular flexibility index (Phi) is 5.79. The first-order valence-electron chi connectivity index (χ1n) is 7.07. The first-order chi connectivity index (χ1) is 9.36. The Hall–Kier alpha value is -0.940. The summed E-state index contributed by atoms with van der Waals surface area (Å²) in [7, 11) is 0. The monoisotopic (exact) mass is 264 g/mol. The van der Waals surface area contributed by atoms with Crippen molar-refractivity contribution >= 4 is 0 Å². The van der Waals surface area contributed by atoms with Gasteiger partial charge in [-0.3, -0.25) is 11.3 Å². The first-order valence-corrected chi connectivity index (χ1v) is 7.07. The Morgan fingerprint density at radius 1 is 1.32 bits per heavy atom. The molecule has 1 heterocycles. The van der Waals surface area contributed by atoms with E-state index in [4.69, 9.17) is 15.3 Å². The van der Waals surface area contributed by atoms with Crippen molar-refractivity contribution in [2.45, 2.75) is 31.9 Å². The summed E-state index contributed by atoms with van der Waals surface area (Å²) in [6.45, 7) is 4.33. The summed E-state index contributed by atoms with van der Waals surface area (Å²) in [6.07, 6.45) is 2.07. The van der Waals surface area contributed by atoms with Crippen LogP contribution in [0.2, 0.25) is 0 Å². The lowest BCUT2D eigenvalue weighted by atomic mass is 9.86. The van der Waals surface area contributed by atoms with Crippen LogP contribution in [0.25, 0.3) is 0 Å². The average molecular weight is 264 g/mol. The largest absolute Gasteiger partial charge is 0.381 e. The predicted molar refractivity (Wildman–Crippen MR) is 75.5 cm³/mol. The Morgan fingerprint density at radius 3 is 2.58 bits per heavy atom. The Labute approximate surface area is 115 Å². The average Bonchev–Trinajstić information content (AvgIpc) is 2.49. The van der Waals surface area contributed by atoms with Crippen molar-refractivity contribution in [1.82, 2.24) is 5.43 Å². The summed E-state index contributed by atoms with van der Waals surface area (Å²) in [6, 6.07) is 10.4. The highest BCUT2D eigenvalue weighted by Crippen LogP contribution is 2.30. The van der Waals surface area contributed by atoms with Crippen LogP contribution in [0, 0.1) is 5.92 Å². The molecule has 106 valence electrons. The molecule has 1 aliphatic rings. The van der Waals surface area contributed by atoms with Gasteiger partial charge in [0.1, 0.15) is 0 Å². The normalized spacial score (nSPS) is 20.1. The smallest absolute Gasteiger partial charge is 0.0993 e. The zero-order valence-electron chi connectivity index (χ0n) is 11.5. The number of hydrogen-bond acceptors (Lipinski definition) is 4. The number of rotatable bonds is 6. The van der Waals surface area contributed by atoms with Gasteiger partial charge in [0.05, 0.1) is 12.1 Å². The van der Waals surface area contributed by atoms with Crippen molar-refractivity contribution in [3.05, 3.63) is 35.9 Å². The van der Waals surface area contributed by atoms with Gasteiger partial charge in [0.2, 0.25) is 0 Å². The zero-order chi connectivity index (χ0) is 13.5. The molecule has 4 nitrogen and oxygen atoms in total. The third kappa shape index (κ3) is 3.76. The zero-order valence-corrected chi connectivity index (χ0v) is 11.5. The predicted octanol–water partition coefficient (Wildman–Crippen LogP) is 2.02. The van der Waals surface area contributed by atoms with Gasteiger partial charge >= 0.3 is 0 Å². The molecule has 0 aromatic heterocycles. The maximum absolute atomic E-state index is 5.95. The topological polar surface area (TPSA) is 56.5 Å². The summed E-state index contributed by atoms with van der Waals surface area (Å²) < 4.78 is 11.4. The van der Waals surface area contributed by atoms with Crippen molar-refractivity contribution in [1.29, 1.82) is 0 Å². The lowest BCUT2D eigenvalue weighted by molar-refractivity contribution is -0.0138. The summed E-state index contributed by atoms with van der Waals surface area (Å²) in [5.41, 5.74) is 4.15. The quantitative estimate of drug-likeness (QED) is 0.609. The van der Waals surface area contributed by atoms with Crippen LogP contribution in [0.1, 0.15) is 31.4 Å². The third-order valence-corrected chi connectivity index (χ3v) is 3.77. The second-order valence-electron chi connectivity index (χ2n) is 4.93. The van der Waals surface area contributed by atoms with Gasteiger partial charge in [-0.15, -0.1) is 0 Å². The SMILES string of the molecule is CCOC(c1ccccc1)C(NN)C1CCOCC1. The fourth-order valence-electron chi connectivity index (χ4n) is 2.78. The van der Waals surface area contributed by atoms with E-state index in [0.717, 1.165) is 26.1 Å². The summed E-state index contributed by atoms with van der Waals surface area (Å²) >= 11 is 0. The van der Waals surface area contributed by atoms with Crippen LogP contribution in [0.4, 0.5) is 0 Å². The van der Waals surface area contributed by atoms with Crippen molar-refractivity contribution in [3.8, 4) is 0 Å². The molecule has 2 atom stereocenters. The van der Waals surface area contributed by atoms with Gasteiger partial charge in [-0.1, -0.05) is 30.3 Å². The van der Waals surface area contributed by atoms with E-state index in [9.17, 15) is 0 Å². The highest BCUT2D eigenvalue weighted by Gasteiger charge is 2.31. The molecule has 0 bridgehead atoms. The minimum absolute atomic E-state index is 0.000648. The molecule has 0 radical (unpaired) electrons. The minimum atomic E-state index is -0.000648. The van der Waals surface area contributed by atoms with Gasteiger partial charge in [0.25, 0.3) is 0 Å². The molecular weight excluding hydrogens is 240 g/mol. The van der Waals surface area contributed by atoms with Crippen molar-refractivity contribution < 1.29 is 9.47 Å². The number of hydrazine groups is 1. The van der Waals surface area contributed by atoms with Crippen LogP contribution >= 0.6 is 0 Å². The van der Waals surface area contributed by atoms with E-state index in [1.54, 1.807) is 0 Å².